The lowest BCUT2D eigenvalue weighted by atomic mass is 10.2. The summed E-state index contributed by atoms with van der Waals surface area (Å²) in [6, 6.07) is 3.89. The minimum Gasteiger partial charge on any atom is -0.354 e. The first-order valence-corrected chi connectivity index (χ1v) is 8.02. The lowest BCUT2D eigenvalue weighted by Gasteiger charge is -2.12. The van der Waals surface area contributed by atoms with Crippen molar-refractivity contribution in [1.82, 2.24) is 10.6 Å². The molecule has 128 valence electrons. The number of nitrogens with two attached hydrogens (primary N) is 1. The van der Waals surface area contributed by atoms with Gasteiger partial charge < -0.3 is 16.4 Å². The highest BCUT2D eigenvalue weighted by Gasteiger charge is 2.28. The molecule has 1 fully saturated rings. The number of amides is 2. The molecule has 4 N–H and O–H groups in total. The third-order valence-electron chi connectivity index (χ3n) is 3.57. The summed E-state index contributed by atoms with van der Waals surface area (Å²) in [6.45, 7) is 0.652. The van der Waals surface area contributed by atoms with E-state index in [9.17, 15) is 14.0 Å². The number of benzene rings is 1. The highest BCUT2D eigenvalue weighted by Crippen LogP contribution is 2.31. The quantitative estimate of drug-likeness (QED) is 0.645. The molecule has 1 aliphatic rings. The van der Waals surface area contributed by atoms with Crippen molar-refractivity contribution in [3.05, 3.63) is 34.1 Å². The Bertz CT molecular complexity index is 570. The van der Waals surface area contributed by atoms with Gasteiger partial charge in [-0.1, -0.05) is 0 Å². The van der Waals surface area contributed by atoms with Crippen LogP contribution in [-0.4, -0.2) is 30.9 Å². The number of rotatable bonds is 7. The fourth-order valence-electron chi connectivity index (χ4n) is 2.07. The van der Waals surface area contributed by atoms with E-state index in [4.69, 9.17) is 5.73 Å². The topological polar surface area (TPSA) is 84.2 Å². The van der Waals surface area contributed by atoms with Gasteiger partial charge >= 0.3 is 0 Å². The Hall–Kier alpha value is -1.18. The maximum Gasteiger partial charge on any atom is 0.252 e. The van der Waals surface area contributed by atoms with E-state index in [2.05, 4.69) is 26.6 Å². The second-order valence-electron chi connectivity index (χ2n) is 5.44. The van der Waals surface area contributed by atoms with E-state index in [1.807, 2.05) is 0 Å². The Morgan fingerprint density at radius 1 is 1.35 bits per heavy atom. The molecule has 0 radical (unpaired) electrons. The van der Waals surface area contributed by atoms with Crippen molar-refractivity contribution in [3.63, 3.8) is 0 Å². The van der Waals surface area contributed by atoms with Crippen LogP contribution in [0, 0.1) is 11.7 Å². The highest BCUT2D eigenvalue weighted by atomic mass is 79.9. The molecule has 2 rings (SSSR count). The van der Waals surface area contributed by atoms with E-state index >= 15 is 0 Å². The molecule has 0 aliphatic heterocycles. The predicted molar refractivity (Wildman–Crippen MR) is 92.0 cm³/mol. The average Bonchev–Trinajstić information content (AvgIpc) is 3.31. The predicted octanol–water partition coefficient (Wildman–Crippen LogP) is 1.98. The molecule has 23 heavy (non-hydrogen) atoms. The van der Waals surface area contributed by atoms with E-state index in [-0.39, 0.29) is 42.9 Å². The van der Waals surface area contributed by atoms with Gasteiger partial charge in [0.25, 0.3) is 5.91 Å². The fraction of sp³-hybridized carbons (Fsp3) is 0.467. The van der Waals surface area contributed by atoms with Crippen molar-refractivity contribution in [2.45, 2.75) is 25.3 Å². The zero-order valence-electron chi connectivity index (χ0n) is 12.5. The minimum atomic E-state index is -0.486. The van der Waals surface area contributed by atoms with Crippen LogP contribution in [-0.2, 0) is 4.79 Å². The molecular formula is C15H20BrClFN3O2. The first kappa shape index (κ1) is 19.9. The first-order chi connectivity index (χ1) is 10.5. The Labute approximate surface area is 149 Å². The summed E-state index contributed by atoms with van der Waals surface area (Å²) in [6.07, 6.45) is 2.43. The monoisotopic (exact) mass is 407 g/mol. The molecule has 1 aliphatic carbocycles. The molecule has 0 spiro atoms. The average molecular weight is 409 g/mol. The van der Waals surface area contributed by atoms with E-state index < -0.39 is 11.7 Å². The maximum absolute atomic E-state index is 13.1. The summed E-state index contributed by atoms with van der Waals surface area (Å²) in [5.74, 6) is -0.533. The van der Waals surface area contributed by atoms with Crippen molar-refractivity contribution in [3.8, 4) is 0 Å². The molecule has 0 aromatic heterocycles. The molecule has 1 aromatic rings. The zero-order chi connectivity index (χ0) is 16.1. The number of nitrogens with one attached hydrogen (secondary N) is 2. The largest absolute Gasteiger partial charge is 0.354 e. The second kappa shape index (κ2) is 9.20. The van der Waals surface area contributed by atoms with Gasteiger partial charge in [-0.25, -0.2) is 4.39 Å². The third kappa shape index (κ3) is 6.45. The van der Waals surface area contributed by atoms with Gasteiger partial charge in [-0.05, 0) is 52.9 Å². The van der Waals surface area contributed by atoms with Crippen LogP contribution in [0.1, 0.15) is 29.6 Å². The first-order valence-electron chi connectivity index (χ1n) is 7.23. The SMILES string of the molecule is Cl.NC(CNC(=O)CCNC(=O)c1cc(F)ccc1Br)C1CC1. The molecule has 5 nitrogen and oxygen atoms in total. The summed E-state index contributed by atoms with van der Waals surface area (Å²) in [7, 11) is 0. The number of carbonyl (C=O) groups is 2. The van der Waals surface area contributed by atoms with Gasteiger partial charge in [0, 0.05) is 30.0 Å². The summed E-state index contributed by atoms with van der Waals surface area (Å²) >= 11 is 3.19. The van der Waals surface area contributed by atoms with Gasteiger partial charge in [0.05, 0.1) is 5.56 Å². The molecule has 8 heteroatoms. The zero-order valence-corrected chi connectivity index (χ0v) is 14.9. The summed E-state index contributed by atoms with van der Waals surface area (Å²) in [4.78, 5) is 23.5. The molecule has 0 saturated heterocycles. The highest BCUT2D eigenvalue weighted by molar-refractivity contribution is 9.10. The Morgan fingerprint density at radius 3 is 2.70 bits per heavy atom. The summed E-state index contributed by atoms with van der Waals surface area (Å²) in [5, 5.41) is 5.35. The smallest absolute Gasteiger partial charge is 0.252 e. The molecule has 1 unspecified atom stereocenters. The van der Waals surface area contributed by atoms with Gasteiger partial charge in [-0.2, -0.15) is 0 Å². The van der Waals surface area contributed by atoms with Crippen LogP contribution in [0.4, 0.5) is 4.39 Å². The Balaban J connectivity index is 0.00000264. The fourth-order valence-corrected chi connectivity index (χ4v) is 2.49. The molecule has 1 atom stereocenters. The van der Waals surface area contributed by atoms with E-state index in [0.29, 0.717) is 16.9 Å². The molecular weight excluding hydrogens is 389 g/mol. The molecule has 1 aromatic carbocycles. The summed E-state index contributed by atoms with van der Waals surface area (Å²) < 4.78 is 13.6. The van der Waals surface area contributed by atoms with E-state index in [1.165, 1.54) is 12.1 Å². The molecule has 0 bridgehead atoms. The lowest BCUT2D eigenvalue weighted by molar-refractivity contribution is -0.121. The van der Waals surface area contributed by atoms with Crippen LogP contribution in [0.5, 0.6) is 0 Å². The Kier molecular flexibility index (Phi) is 7.94. The van der Waals surface area contributed by atoms with Crippen LogP contribution in [0.3, 0.4) is 0 Å². The normalized spacial score (nSPS) is 14.6. The molecule has 0 heterocycles. The van der Waals surface area contributed by atoms with Gasteiger partial charge in [0.1, 0.15) is 5.82 Å². The lowest BCUT2D eigenvalue weighted by Crippen LogP contribution is -2.39. The Morgan fingerprint density at radius 2 is 2.04 bits per heavy atom. The van der Waals surface area contributed by atoms with E-state index in [0.717, 1.165) is 18.9 Å². The van der Waals surface area contributed by atoms with Gasteiger partial charge in [-0.3, -0.25) is 9.59 Å². The van der Waals surface area contributed by atoms with Crippen LogP contribution in [0.15, 0.2) is 22.7 Å². The van der Waals surface area contributed by atoms with Crippen molar-refractivity contribution >= 4 is 40.2 Å². The van der Waals surface area contributed by atoms with Crippen LogP contribution in [0.2, 0.25) is 0 Å². The van der Waals surface area contributed by atoms with Crippen molar-refractivity contribution < 1.29 is 14.0 Å². The van der Waals surface area contributed by atoms with Gasteiger partial charge in [-0.15, -0.1) is 12.4 Å². The maximum atomic E-state index is 13.1. The minimum absolute atomic E-state index is 0. The van der Waals surface area contributed by atoms with Gasteiger partial charge in [0.15, 0.2) is 0 Å². The summed E-state index contributed by atoms with van der Waals surface area (Å²) in [5.41, 5.74) is 6.09. The number of halogens is 3. The van der Waals surface area contributed by atoms with Crippen LogP contribution in [0.25, 0.3) is 0 Å². The van der Waals surface area contributed by atoms with Crippen molar-refractivity contribution in [2.24, 2.45) is 11.7 Å². The molecule has 2 amide bonds. The number of hydrogen-bond acceptors (Lipinski definition) is 3. The van der Waals surface area contributed by atoms with Crippen molar-refractivity contribution in [1.29, 1.82) is 0 Å². The molecule has 1 saturated carbocycles. The second-order valence-corrected chi connectivity index (χ2v) is 6.29. The number of hydrogen-bond donors (Lipinski definition) is 3. The standard InChI is InChI=1S/C15H19BrFN3O2.ClH/c16-12-4-3-10(17)7-11(12)15(22)19-6-5-14(21)20-8-13(18)9-1-2-9;/h3-4,7,9,13H,1-2,5-6,8,18H2,(H,19,22)(H,20,21);1H. The number of carbonyl (C=O) groups excluding carboxylic acids is 2. The van der Waals surface area contributed by atoms with Gasteiger partial charge in [0.2, 0.25) is 5.91 Å². The third-order valence-corrected chi connectivity index (χ3v) is 4.26. The van der Waals surface area contributed by atoms with Crippen LogP contribution >= 0.6 is 28.3 Å². The van der Waals surface area contributed by atoms with E-state index in [1.54, 1.807) is 0 Å². The van der Waals surface area contributed by atoms with Crippen molar-refractivity contribution in [2.75, 3.05) is 13.1 Å². The van der Waals surface area contributed by atoms with Crippen LogP contribution < -0.4 is 16.4 Å².